The van der Waals surface area contributed by atoms with Gasteiger partial charge >= 0.3 is 0 Å². The number of amides is 2. The molecule has 1 aromatic rings. The van der Waals surface area contributed by atoms with E-state index in [2.05, 4.69) is 21.2 Å². The Bertz CT molecular complexity index is 782. The molecule has 4 aliphatic heterocycles. The first-order chi connectivity index (χ1) is 13.7. The summed E-state index contributed by atoms with van der Waals surface area (Å²) in [6, 6.07) is 5.74. The van der Waals surface area contributed by atoms with Gasteiger partial charge in [-0.1, -0.05) is 6.07 Å². The molecule has 4 aliphatic rings. The summed E-state index contributed by atoms with van der Waals surface area (Å²) in [4.78, 5) is 28.3. The van der Waals surface area contributed by atoms with Crippen LogP contribution in [-0.4, -0.2) is 63.1 Å². The second-order valence-corrected chi connectivity index (χ2v) is 7.73. The molecule has 8 nitrogen and oxygen atoms in total. The lowest BCUT2D eigenvalue weighted by molar-refractivity contribution is -0.169. The van der Waals surface area contributed by atoms with Gasteiger partial charge in [-0.25, -0.2) is 0 Å². The molecule has 0 aromatic heterocycles. The normalized spacial score (nSPS) is 26.8. The molecule has 3 saturated heterocycles. The Labute approximate surface area is 163 Å². The van der Waals surface area contributed by atoms with Crippen LogP contribution in [0.1, 0.15) is 25.7 Å². The Morgan fingerprint density at radius 2 is 1.75 bits per heavy atom. The zero-order valence-electron chi connectivity index (χ0n) is 15.8. The van der Waals surface area contributed by atoms with E-state index in [9.17, 15) is 9.59 Å². The predicted octanol–water partition coefficient (Wildman–Crippen LogP) is 1.03. The number of imide groups is 1. The van der Waals surface area contributed by atoms with E-state index in [1.807, 2.05) is 12.1 Å². The lowest BCUT2D eigenvalue weighted by Gasteiger charge is -2.42. The Kier molecular flexibility index (Phi) is 4.40. The number of nitrogens with one attached hydrogen (secondary N) is 1. The van der Waals surface area contributed by atoms with Crippen LogP contribution in [0.2, 0.25) is 0 Å². The van der Waals surface area contributed by atoms with Crippen LogP contribution in [0.15, 0.2) is 18.2 Å². The standard InChI is InChI=1S/C20H25N3O5/c24-17-5-4-16(19(25)21-17)23-10-11-26-18-14(2-1-3-15(18)23)22-8-6-20(7-9-22)27-12-13-28-20/h1-3,16H,4-13H2,(H,21,24,25). The highest BCUT2D eigenvalue weighted by molar-refractivity contribution is 6.02. The molecule has 0 bridgehead atoms. The minimum atomic E-state index is -0.412. The van der Waals surface area contributed by atoms with Crippen molar-refractivity contribution in [2.45, 2.75) is 37.5 Å². The summed E-state index contributed by atoms with van der Waals surface area (Å²) in [5.74, 6) is -0.000000949. The van der Waals surface area contributed by atoms with Crippen LogP contribution in [0.25, 0.3) is 0 Å². The number of nitrogens with zero attached hydrogens (tertiary/aromatic N) is 2. The molecule has 1 atom stereocenters. The average Bonchev–Trinajstić information content (AvgIpc) is 3.16. The first-order valence-corrected chi connectivity index (χ1v) is 10.0. The van der Waals surface area contributed by atoms with Crippen molar-refractivity contribution in [3.05, 3.63) is 18.2 Å². The molecule has 3 fully saturated rings. The largest absolute Gasteiger partial charge is 0.487 e. The van der Waals surface area contributed by atoms with Crippen LogP contribution in [0, 0.1) is 0 Å². The minimum absolute atomic E-state index is 0.193. The summed E-state index contributed by atoms with van der Waals surface area (Å²) < 4.78 is 17.7. The van der Waals surface area contributed by atoms with Gasteiger partial charge in [0.05, 0.1) is 31.1 Å². The zero-order chi connectivity index (χ0) is 19.1. The van der Waals surface area contributed by atoms with Gasteiger partial charge in [-0.3, -0.25) is 14.9 Å². The van der Waals surface area contributed by atoms with Crippen molar-refractivity contribution in [2.24, 2.45) is 0 Å². The molecule has 0 aliphatic carbocycles. The molecule has 5 rings (SSSR count). The van der Waals surface area contributed by atoms with Crippen LogP contribution in [0.4, 0.5) is 11.4 Å². The highest BCUT2D eigenvalue weighted by Crippen LogP contribution is 2.43. The van der Waals surface area contributed by atoms with Gasteiger partial charge in [0.25, 0.3) is 0 Å². The van der Waals surface area contributed by atoms with Crippen LogP contribution < -0.4 is 19.9 Å². The number of hydrogen-bond donors (Lipinski definition) is 1. The molecule has 1 unspecified atom stereocenters. The maximum Gasteiger partial charge on any atom is 0.249 e. The topological polar surface area (TPSA) is 80.3 Å². The number of para-hydroxylation sites is 1. The lowest BCUT2D eigenvalue weighted by Crippen LogP contribution is -2.54. The van der Waals surface area contributed by atoms with Crippen LogP contribution in [-0.2, 0) is 19.1 Å². The summed E-state index contributed by atoms with van der Waals surface area (Å²) in [5.41, 5.74) is 1.97. The van der Waals surface area contributed by atoms with Crippen molar-refractivity contribution >= 4 is 23.2 Å². The fraction of sp³-hybridized carbons (Fsp3) is 0.600. The van der Waals surface area contributed by atoms with E-state index in [1.54, 1.807) is 0 Å². The SMILES string of the molecule is O=C1CCC(N2CCOc3c(N4CCC5(CC4)OCCO5)cccc32)C(=O)N1. The van der Waals surface area contributed by atoms with Gasteiger partial charge in [-0.2, -0.15) is 0 Å². The smallest absolute Gasteiger partial charge is 0.249 e. The molecule has 1 aromatic carbocycles. The molecule has 1 spiro atoms. The van der Waals surface area contributed by atoms with Gasteiger partial charge < -0.3 is 24.0 Å². The number of ether oxygens (including phenoxy) is 3. The summed E-state index contributed by atoms with van der Waals surface area (Å²) in [6.07, 6.45) is 2.56. The molecule has 0 saturated carbocycles. The van der Waals surface area contributed by atoms with E-state index in [1.165, 1.54) is 0 Å². The highest BCUT2D eigenvalue weighted by Gasteiger charge is 2.41. The van der Waals surface area contributed by atoms with Crippen molar-refractivity contribution in [1.29, 1.82) is 0 Å². The molecular weight excluding hydrogens is 362 g/mol. The quantitative estimate of drug-likeness (QED) is 0.760. The number of carbonyl (C=O) groups is 2. The number of benzene rings is 1. The number of rotatable bonds is 2. The van der Waals surface area contributed by atoms with E-state index >= 15 is 0 Å². The highest BCUT2D eigenvalue weighted by atomic mass is 16.7. The fourth-order valence-corrected chi connectivity index (χ4v) is 4.68. The molecule has 4 heterocycles. The first-order valence-electron chi connectivity index (χ1n) is 10.0. The third kappa shape index (κ3) is 3.00. The van der Waals surface area contributed by atoms with Crippen molar-refractivity contribution in [3.63, 3.8) is 0 Å². The van der Waals surface area contributed by atoms with E-state index in [0.717, 1.165) is 43.1 Å². The number of hydrogen-bond acceptors (Lipinski definition) is 7. The van der Waals surface area contributed by atoms with Crippen molar-refractivity contribution in [2.75, 3.05) is 49.3 Å². The Balaban J connectivity index is 1.39. The number of anilines is 2. The van der Waals surface area contributed by atoms with E-state index in [4.69, 9.17) is 14.2 Å². The minimum Gasteiger partial charge on any atom is -0.487 e. The average molecular weight is 387 g/mol. The Morgan fingerprint density at radius 3 is 2.50 bits per heavy atom. The molecule has 2 amide bonds. The number of carbonyl (C=O) groups excluding carboxylic acids is 2. The van der Waals surface area contributed by atoms with Crippen molar-refractivity contribution < 1.29 is 23.8 Å². The molecular formula is C20H25N3O5. The molecule has 1 N–H and O–H groups in total. The molecule has 8 heteroatoms. The van der Waals surface area contributed by atoms with E-state index < -0.39 is 5.79 Å². The van der Waals surface area contributed by atoms with Gasteiger partial charge in [0, 0.05) is 32.4 Å². The van der Waals surface area contributed by atoms with Crippen molar-refractivity contribution in [3.8, 4) is 5.75 Å². The van der Waals surface area contributed by atoms with Crippen LogP contribution >= 0.6 is 0 Å². The second kappa shape index (κ2) is 6.93. The predicted molar refractivity (Wildman–Crippen MR) is 102 cm³/mol. The molecule has 0 radical (unpaired) electrons. The Morgan fingerprint density at radius 1 is 1.00 bits per heavy atom. The summed E-state index contributed by atoms with van der Waals surface area (Å²) in [7, 11) is 0. The maximum atomic E-state index is 12.4. The van der Waals surface area contributed by atoms with Crippen LogP contribution in [0.3, 0.4) is 0 Å². The van der Waals surface area contributed by atoms with Gasteiger partial charge in [-0.05, 0) is 18.6 Å². The lowest BCUT2D eigenvalue weighted by atomic mass is 10.0. The summed E-state index contributed by atoms with van der Waals surface area (Å²) >= 11 is 0. The van der Waals surface area contributed by atoms with E-state index in [-0.39, 0.29) is 17.9 Å². The molecule has 28 heavy (non-hydrogen) atoms. The number of piperidine rings is 2. The van der Waals surface area contributed by atoms with Crippen molar-refractivity contribution in [1.82, 2.24) is 5.32 Å². The first kappa shape index (κ1) is 17.8. The number of fused-ring (bicyclic) bond motifs is 1. The van der Waals surface area contributed by atoms with Gasteiger partial charge in [-0.15, -0.1) is 0 Å². The Hall–Kier alpha value is -2.32. The summed E-state index contributed by atoms with van der Waals surface area (Å²) in [6.45, 7) is 4.16. The van der Waals surface area contributed by atoms with Gasteiger partial charge in [0.2, 0.25) is 11.8 Å². The maximum absolute atomic E-state index is 12.4. The fourth-order valence-electron chi connectivity index (χ4n) is 4.68. The monoisotopic (exact) mass is 387 g/mol. The zero-order valence-corrected chi connectivity index (χ0v) is 15.8. The second-order valence-electron chi connectivity index (χ2n) is 7.73. The third-order valence-electron chi connectivity index (χ3n) is 6.13. The van der Waals surface area contributed by atoms with Crippen LogP contribution in [0.5, 0.6) is 5.75 Å². The summed E-state index contributed by atoms with van der Waals surface area (Å²) in [5, 5.41) is 2.46. The van der Waals surface area contributed by atoms with E-state index in [0.29, 0.717) is 39.2 Å². The van der Waals surface area contributed by atoms with Gasteiger partial charge in [0.1, 0.15) is 12.6 Å². The molecule has 150 valence electrons. The van der Waals surface area contributed by atoms with Gasteiger partial charge in [0.15, 0.2) is 11.5 Å². The third-order valence-corrected chi connectivity index (χ3v) is 6.13.